The standard InChI is InChI=1S/C18H13ClN2O2S/c1-22-15-9-11(8-13(19)17(15)23-2)7-12(10-20)18-21-14-5-3-4-6-16(14)24-18/h3-9H,1-2H3. The average molecular weight is 357 g/mol. The summed E-state index contributed by atoms with van der Waals surface area (Å²) in [5, 5.41) is 10.6. The maximum absolute atomic E-state index is 9.52. The van der Waals surface area contributed by atoms with Crippen LogP contribution in [0.4, 0.5) is 0 Å². The molecule has 0 bridgehead atoms. The molecule has 24 heavy (non-hydrogen) atoms. The van der Waals surface area contributed by atoms with Crippen LogP contribution >= 0.6 is 22.9 Å². The molecule has 1 heterocycles. The molecule has 0 saturated carbocycles. The van der Waals surface area contributed by atoms with Gasteiger partial charge in [-0.15, -0.1) is 11.3 Å². The van der Waals surface area contributed by atoms with Gasteiger partial charge < -0.3 is 9.47 Å². The first kappa shape index (κ1) is 16.3. The second-order valence-corrected chi connectivity index (χ2v) is 6.33. The van der Waals surface area contributed by atoms with Crippen molar-refractivity contribution in [3.63, 3.8) is 0 Å². The topological polar surface area (TPSA) is 55.1 Å². The van der Waals surface area contributed by atoms with E-state index in [9.17, 15) is 5.26 Å². The fourth-order valence-corrected chi connectivity index (χ4v) is 3.55. The van der Waals surface area contributed by atoms with Crippen LogP contribution in [0, 0.1) is 11.3 Å². The van der Waals surface area contributed by atoms with Gasteiger partial charge in [0.2, 0.25) is 0 Å². The SMILES string of the molecule is COc1cc(C=C(C#N)c2nc3ccccc3s2)cc(Cl)c1OC. The van der Waals surface area contributed by atoms with Gasteiger partial charge in [0.25, 0.3) is 0 Å². The van der Waals surface area contributed by atoms with E-state index in [0.29, 0.717) is 27.1 Å². The summed E-state index contributed by atoms with van der Waals surface area (Å²) < 4.78 is 11.6. The quantitative estimate of drug-likeness (QED) is 0.615. The molecule has 0 aliphatic rings. The molecule has 4 nitrogen and oxygen atoms in total. The van der Waals surface area contributed by atoms with E-state index in [1.165, 1.54) is 18.4 Å². The van der Waals surface area contributed by atoms with Gasteiger partial charge in [-0.25, -0.2) is 4.98 Å². The Morgan fingerprint density at radius 3 is 2.71 bits per heavy atom. The van der Waals surface area contributed by atoms with Gasteiger partial charge in [-0.2, -0.15) is 5.26 Å². The number of benzene rings is 2. The van der Waals surface area contributed by atoms with Crippen molar-refractivity contribution < 1.29 is 9.47 Å². The smallest absolute Gasteiger partial charge is 0.179 e. The van der Waals surface area contributed by atoms with Crippen molar-refractivity contribution in [1.29, 1.82) is 5.26 Å². The zero-order valence-electron chi connectivity index (χ0n) is 13.0. The summed E-state index contributed by atoms with van der Waals surface area (Å²) in [5.74, 6) is 0.979. The zero-order valence-corrected chi connectivity index (χ0v) is 14.6. The fraction of sp³-hybridized carbons (Fsp3) is 0.111. The minimum Gasteiger partial charge on any atom is -0.493 e. The fourth-order valence-electron chi connectivity index (χ4n) is 2.32. The van der Waals surface area contributed by atoms with E-state index in [4.69, 9.17) is 21.1 Å². The van der Waals surface area contributed by atoms with Crippen LogP contribution in [-0.4, -0.2) is 19.2 Å². The van der Waals surface area contributed by atoms with Gasteiger partial charge in [0.05, 0.1) is 35.0 Å². The van der Waals surface area contributed by atoms with Crippen molar-refractivity contribution in [2.45, 2.75) is 0 Å². The van der Waals surface area contributed by atoms with Crippen LogP contribution in [0.2, 0.25) is 5.02 Å². The number of aromatic nitrogens is 1. The number of hydrogen-bond acceptors (Lipinski definition) is 5. The van der Waals surface area contributed by atoms with Crippen molar-refractivity contribution in [3.05, 3.63) is 52.0 Å². The second kappa shape index (κ2) is 6.91. The van der Waals surface area contributed by atoms with E-state index < -0.39 is 0 Å². The Labute approximate surface area is 148 Å². The summed E-state index contributed by atoms with van der Waals surface area (Å²) in [7, 11) is 3.07. The number of nitriles is 1. The van der Waals surface area contributed by atoms with Crippen LogP contribution in [0.3, 0.4) is 0 Å². The van der Waals surface area contributed by atoms with Gasteiger partial charge in [-0.3, -0.25) is 0 Å². The minimum absolute atomic E-state index is 0.421. The number of halogens is 1. The van der Waals surface area contributed by atoms with E-state index in [-0.39, 0.29) is 0 Å². The van der Waals surface area contributed by atoms with Crippen LogP contribution in [0.25, 0.3) is 21.9 Å². The number of methoxy groups -OCH3 is 2. The number of fused-ring (bicyclic) bond motifs is 1. The van der Waals surface area contributed by atoms with Crippen LogP contribution in [0.1, 0.15) is 10.6 Å². The summed E-state index contributed by atoms with van der Waals surface area (Å²) in [6.45, 7) is 0. The molecule has 1 aromatic heterocycles. The van der Waals surface area contributed by atoms with Gasteiger partial charge in [0.1, 0.15) is 11.1 Å². The molecule has 3 rings (SSSR count). The Balaban J connectivity index is 2.08. The molecule has 2 aromatic carbocycles. The summed E-state index contributed by atoms with van der Waals surface area (Å²) in [5.41, 5.74) is 2.09. The largest absolute Gasteiger partial charge is 0.493 e. The Hall–Kier alpha value is -2.55. The molecular weight excluding hydrogens is 344 g/mol. The van der Waals surface area contributed by atoms with Crippen LogP contribution in [0.5, 0.6) is 11.5 Å². The maximum atomic E-state index is 9.52. The molecule has 0 aliphatic heterocycles. The van der Waals surface area contributed by atoms with E-state index in [1.807, 2.05) is 24.3 Å². The number of thiazole rings is 1. The second-order valence-electron chi connectivity index (χ2n) is 4.89. The molecule has 0 spiro atoms. The van der Waals surface area contributed by atoms with E-state index in [1.54, 1.807) is 25.3 Å². The molecule has 3 aromatic rings. The molecule has 0 atom stereocenters. The number of ether oxygens (including phenoxy) is 2. The Kier molecular flexibility index (Phi) is 4.70. The highest BCUT2D eigenvalue weighted by molar-refractivity contribution is 7.19. The number of allylic oxidation sites excluding steroid dienone is 1. The summed E-state index contributed by atoms with van der Waals surface area (Å²) in [4.78, 5) is 4.52. The lowest BCUT2D eigenvalue weighted by Gasteiger charge is -2.10. The third-order valence-corrected chi connectivity index (χ3v) is 4.76. The van der Waals surface area contributed by atoms with Crippen LogP contribution in [0.15, 0.2) is 36.4 Å². The number of nitrogens with zero attached hydrogens (tertiary/aromatic N) is 2. The Morgan fingerprint density at radius 2 is 2.04 bits per heavy atom. The minimum atomic E-state index is 0.421. The molecule has 6 heteroatoms. The predicted molar refractivity (Wildman–Crippen MR) is 97.7 cm³/mol. The molecule has 120 valence electrons. The van der Waals surface area contributed by atoms with Crippen molar-refractivity contribution in [2.75, 3.05) is 14.2 Å². The van der Waals surface area contributed by atoms with E-state index >= 15 is 0 Å². The zero-order chi connectivity index (χ0) is 17.1. The first-order chi connectivity index (χ1) is 11.7. The van der Waals surface area contributed by atoms with Crippen LogP contribution < -0.4 is 9.47 Å². The molecule has 0 aliphatic carbocycles. The predicted octanol–water partition coefficient (Wildman–Crippen LogP) is 5.03. The molecule has 0 fully saturated rings. The molecule has 0 unspecified atom stereocenters. The van der Waals surface area contributed by atoms with Crippen LogP contribution in [-0.2, 0) is 0 Å². The first-order valence-corrected chi connectivity index (χ1v) is 8.25. The van der Waals surface area contributed by atoms with Crippen molar-refractivity contribution in [3.8, 4) is 17.6 Å². The molecule has 0 amide bonds. The van der Waals surface area contributed by atoms with E-state index in [2.05, 4.69) is 11.1 Å². The van der Waals surface area contributed by atoms with Gasteiger partial charge in [0.15, 0.2) is 11.5 Å². The third kappa shape index (κ3) is 3.07. The summed E-state index contributed by atoms with van der Waals surface area (Å²) in [6.07, 6.45) is 1.74. The Bertz CT molecular complexity index is 940. The maximum Gasteiger partial charge on any atom is 0.179 e. The number of rotatable bonds is 4. The van der Waals surface area contributed by atoms with Crippen molar-refractivity contribution in [2.24, 2.45) is 0 Å². The summed E-state index contributed by atoms with van der Waals surface area (Å²) >= 11 is 7.70. The van der Waals surface area contributed by atoms with Crippen molar-refractivity contribution >= 4 is 44.8 Å². The summed E-state index contributed by atoms with van der Waals surface area (Å²) in [6, 6.07) is 13.5. The van der Waals surface area contributed by atoms with Gasteiger partial charge in [-0.1, -0.05) is 23.7 Å². The van der Waals surface area contributed by atoms with Gasteiger partial charge in [-0.05, 0) is 35.9 Å². The highest BCUT2D eigenvalue weighted by Gasteiger charge is 2.12. The molecule has 0 radical (unpaired) electrons. The average Bonchev–Trinajstić information content (AvgIpc) is 3.02. The molecule has 0 N–H and O–H groups in total. The highest BCUT2D eigenvalue weighted by atomic mass is 35.5. The first-order valence-electron chi connectivity index (χ1n) is 7.05. The van der Waals surface area contributed by atoms with E-state index in [0.717, 1.165) is 15.8 Å². The van der Waals surface area contributed by atoms with Crippen molar-refractivity contribution in [1.82, 2.24) is 4.98 Å². The number of hydrogen-bond donors (Lipinski definition) is 0. The lowest BCUT2D eigenvalue weighted by molar-refractivity contribution is 0.355. The number of para-hydroxylation sites is 1. The highest BCUT2D eigenvalue weighted by Crippen LogP contribution is 2.37. The van der Waals surface area contributed by atoms with Gasteiger partial charge in [0, 0.05) is 0 Å². The van der Waals surface area contributed by atoms with Gasteiger partial charge >= 0.3 is 0 Å². The normalized spacial score (nSPS) is 11.3. The lowest BCUT2D eigenvalue weighted by atomic mass is 10.1. The monoisotopic (exact) mass is 356 g/mol. The molecule has 0 saturated heterocycles. The lowest BCUT2D eigenvalue weighted by Crippen LogP contribution is -1.92. The molecular formula is C18H13ClN2O2S. The Morgan fingerprint density at radius 1 is 1.25 bits per heavy atom. The third-order valence-electron chi connectivity index (χ3n) is 3.41.